The maximum absolute atomic E-state index is 11.9. The van der Waals surface area contributed by atoms with Crippen LogP contribution in [-0.4, -0.2) is 24.4 Å². The molecule has 1 aromatic carbocycles. The number of esters is 1. The first-order valence-electron chi connectivity index (χ1n) is 5.94. The second-order valence-corrected chi connectivity index (χ2v) is 7.75. The van der Waals surface area contributed by atoms with Crippen LogP contribution < -0.4 is 5.32 Å². The number of benzene rings is 1. The Bertz CT molecular complexity index is 540. The number of hydrogen-bond donors (Lipinski definition) is 1. The third-order valence-electron chi connectivity index (χ3n) is 2.53. The number of amides is 1. The van der Waals surface area contributed by atoms with Gasteiger partial charge < -0.3 is 10.1 Å². The largest absolute Gasteiger partial charge is 0.461 e. The molecule has 0 heterocycles. The van der Waals surface area contributed by atoms with Gasteiger partial charge in [0, 0.05) is 42.1 Å². The molecule has 0 saturated heterocycles. The van der Waals surface area contributed by atoms with Crippen molar-refractivity contribution in [2.24, 2.45) is 5.41 Å². The van der Waals surface area contributed by atoms with Crippen molar-refractivity contribution >= 4 is 64.5 Å². The molecule has 1 aromatic rings. The SMILES string of the molecule is CC(C)(CNC(=O)SI)COC(=O)c1ccc(Cl)c(Cl)c1. The number of ether oxygens (including phenoxy) is 1. The third-order valence-corrected chi connectivity index (χ3v) is 4.75. The number of carbonyl (C=O) groups excluding carboxylic acids is 2. The van der Waals surface area contributed by atoms with Crippen LogP contribution in [0.5, 0.6) is 0 Å². The molecule has 0 aliphatic heterocycles. The minimum absolute atomic E-state index is 0.125. The van der Waals surface area contributed by atoms with Gasteiger partial charge in [0.1, 0.15) is 0 Å². The summed E-state index contributed by atoms with van der Waals surface area (Å²) in [6.07, 6.45) is 0. The van der Waals surface area contributed by atoms with E-state index in [1.54, 1.807) is 12.1 Å². The van der Waals surface area contributed by atoms with Crippen molar-refractivity contribution in [1.82, 2.24) is 5.32 Å². The Kier molecular flexibility index (Phi) is 7.59. The lowest BCUT2D eigenvalue weighted by molar-refractivity contribution is 0.0347. The highest BCUT2D eigenvalue weighted by molar-refractivity contribution is 14.2. The van der Waals surface area contributed by atoms with Crippen LogP contribution in [0.1, 0.15) is 24.2 Å². The van der Waals surface area contributed by atoms with Crippen molar-refractivity contribution in [3.63, 3.8) is 0 Å². The van der Waals surface area contributed by atoms with E-state index in [0.29, 0.717) is 22.2 Å². The van der Waals surface area contributed by atoms with Gasteiger partial charge in [0.2, 0.25) is 0 Å². The maximum Gasteiger partial charge on any atom is 0.338 e. The van der Waals surface area contributed by atoms with Gasteiger partial charge in [-0.3, -0.25) is 4.79 Å². The standard InChI is InChI=1S/C13H14Cl2INO3S/c1-13(2,6-17-12(19)21-16)7-20-11(18)8-3-4-9(14)10(15)5-8/h3-5H,6-7H2,1-2H3,(H,17,19). The van der Waals surface area contributed by atoms with E-state index in [0.717, 1.165) is 8.93 Å². The van der Waals surface area contributed by atoms with Crippen molar-refractivity contribution in [1.29, 1.82) is 0 Å². The molecule has 0 bridgehead atoms. The molecule has 116 valence electrons. The van der Waals surface area contributed by atoms with E-state index in [1.165, 1.54) is 6.07 Å². The van der Waals surface area contributed by atoms with Crippen LogP contribution >= 0.6 is 53.3 Å². The summed E-state index contributed by atoms with van der Waals surface area (Å²) < 4.78 is 5.25. The van der Waals surface area contributed by atoms with Gasteiger partial charge in [-0.15, -0.1) is 0 Å². The quantitative estimate of drug-likeness (QED) is 0.496. The van der Waals surface area contributed by atoms with E-state index in [1.807, 2.05) is 35.1 Å². The van der Waals surface area contributed by atoms with Gasteiger partial charge in [0.25, 0.3) is 5.24 Å². The highest BCUT2D eigenvalue weighted by Crippen LogP contribution is 2.23. The number of carbonyl (C=O) groups is 2. The highest BCUT2D eigenvalue weighted by atomic mass is 127. The third kappa shape index (κ3) is 6.63. The van der Waals surface area contributed by atoms with Crippen molar-refractivity contribution in [2.75, 3.05) is 13.2 Å². The van der Waals surface area contributed by atoms with Crippen molar-refractivity contribution in [3.8, 4) is 0 Å². The summed E-state index contributed by atoms with van der Waals surface area (Å²) in [6.45, 7) is 4.38. The Hall–Kier alpha value is -0.180. The zero-order valence-electron chi connectivity index (χ0n) is 11.4. The Balaban J connectivity index is 2.54. The fraction of sp³-hybridized carbons (Fsp3) is 0.385. The summed E-state index contributed by atoms with van der Waals surface area (Å²) in [6, 6.07) is 4.56. The van der Waals surface area contributed by atoms with Crippen LogP contribution in [0.25, 0.3) is 0 Å². The molecule has 1 rings (SSSR count). The molecule has 21 heavy (non-hydrogen) atoms. The van der Waals surface area contributed by atoms with Crippen LogP contribution in [0.2, 0.25) is 10.0 Å². The monoisotopic (exact) mass is 461 g/mol. The first-order chi connectivity index (χ1) is 9.75. The summed E-state index contributed by atoms with van der Waals surface area (Å²) in [5, 5.41) is 3.30. The molecular weight excluding hydrogens is 448 g/mol. The predicted octanol–water partition coefficient (Wildman–Crippen LogP) is 4.97. The summed E-state index contributed by atoms with van der Waals surface area (Å²) >= 11 is 13.6. The molecule has 0 atom stereocenters. The lowest BCUT2D eigenvalue weighted by atomic mass is 9.95. The van der Waals surface area contributed by atoms with Gasteiger partial charge in [-0.1, -0.05) is 37.0 Å². The normalized spacial score (nSPS) is 11.1. The lowest BCUT2D eigenvalue weighted by Gasteiger charge is -2.24. The van der Waals surface area contributed by atoms with Crippen LogP contribution in [0, 0.1) is 5.41 Å². The van der Waals surface area contributed by atoms with E-state index >= 15 is 0 Å². The van der Waals surface area contributed by atoms with Crippen molar-refractivity contribution in [3.05, 3.63) is 33.8 Å². The lowest BCUT2D eigenvalue weighted by Crippen LogP contribution is -2.35. The average Bonchev–Trinajstić information content (AvgIpc) is 2.45. The first-order valence-corrected chi connectivity index (χ1v) is 10.1. The van der Waals surface area contributed by atoms with Crippen molar-refractivity contribution in [2.45, 2.75) is 13.8 Å². The fourth-order valence-corrected chi connectivity index (χ4v) is 2.25. The van der Waals surface area contributed by atoms with Gasteiger partial charge in [0.05, 0.1) is 22.2 Å². The van der Waals surface area contributed by atoms with Gasteiger partial charge in [-0.25, -0.2) is 4.79 Å². The number of rotatable bonds is 5. The Morgan fingerprint density at radius 1 is 1.33 bits per heavy atom. The molecular formula is C13H14Cl2INO3S. The zero-order valence-corrected chi connectivity index (χ0v) is 15.9. The molecule has 0 spiro atoms. The maximum atomic E-state index is 11.9. The predicted molar refractivity (Wildman–Crippen MR) is 95.5 cm³/mol. The van der Waals surface area contributed by atoms with Gasteiger partial charge in [-0.05, 0) is 18.2 Å². The van der Waals surface area contributed by atoms with E-state index in [4.69, 9.17) is 27.9 Å². The molecule has 0 saturated carbocycles. The van der Waals surface area contributed by atoms with E-state index in [2.05, 4.69) is 5.32 Å². The second kappa shape index (κ2) is 8.45. The summed E-state index contributed by atoms with van der Waals surface area (Å²) in [7, 11) is 1.07. The molecule has 0 fully saturated rings. The highest BCUT2D eigenvalue weighted by Gasteiger charge is 2.22. The molecule has 0 aromatic heterocycles. The summed E-state index contributed by atoms with van der Waals surface area (Å²) in [5.74, 6) is -0.476. The van der Waals surface area contributed by atoms with Crippen LogP contribution in [-0.2, 0) is 4.74 Å². The van der Waals surface area contributed by atoms with Gasteiger partial charge in [0.15, 0.2) is 0 Å². The molecule has 0 aliphatic carbocycles. The fourth-order valence-electron chi connectivity index (χ4n) is 1.36. The summed E-state index contributed by atoms with van der Waals surface area (Å²) in [4.78, 5) is 23.1. The van der Waals surface area contributed by atoms with Crippen LogP contribution in [0.3, 0.4) is 0 Å². The second-order valence-electron chi connectivity index (χ2n) is 5.09. The summed E-state index contributed by atoms with van der Waals surface area (Å²) in [5.41, 5.74) is -0.0273. The Morgan fingerprint density at radius 3 is 2.57 bits per heavy atom. The number of hydrogen-bond acceptors (Lipinski definition) is 4. The molecule has 1 amide bonds. The van der Waals surface area contributed by atoms with E-state index in [9.17, 15) is 9.59 Å². The van der Waals surface area contributed by atoms with Crippen LogP contribution in [0.15, 0.2) is 18.2 Å². The Morgan fingerprint density at radius 2 is 2.00 bits per heavy atom. The Labute approximate surface area is 149 Å². The van der Waals surface area contributed by atoms with E-state index < -0.39 is 5.97 Å². The minimum atomic E-state index is -0.476. The van der Waals surface area contributed by atoms with Gasteiger partial charge >= 0.3 is 5.97 Å². The first kappa shape index (κ1) is 18.9. The molecule has 4 nitrogen and oxygen atoms in total. The molecule has 1 N–H and O–H groups in total. The number of halogens is 3. The average molecular weight is 462 g/mol. The molecule has 8 heteroatoms. The number of nitrogens with one attached hydrogen (secondary N) is 1. The van der Waals surface area contributed by atoms with E-state index in [-0.39, 0.29) is 17.3 Å². The van der Waals surface area contributed by atoms with Crippen molar-refractivity contribution < 1.29 is 14.3 Å². The minimum Gasteiger partial charge on any atom is -0.461 e. The van der Waals surface area contributed by atoms with Gasteiger partial charge in [-0.2, -0.15) is 0 Å². The molecule has 0 unspecified atom stereocenters. The molecule has 0 radical (unpaired) electrons. The smallest absolute Gasteiger partial charge is 0.338 e. The topological polar surface area (TPSA) is 55.4 Å². The zero-order chi connectivity index (χ0) is 16.0. The molecule has 0 aliphatic rings. The van der Waals surface area contributed by atoms with Crippen LogP contribution in [0.4, 0.5) is 4.79 Å².